The number of benzene rings is 1. The highest BCUT2D eigenvalue weighted by atomic mass is 19.1. The Balaban J connectivity index is 1.79. The highest BCUT2D eigenvalue weighted by molar-refractivity contribution is 5.77. The van der Waals surface area contributed by atoms with E-state index in [-0.39, 0.29) is 17.6 Å². The molecule has 1 fully saturated rings. The zero-order valence-electron chi connectivity index (χ0n) is 11.4. The Morgan fingerprint density at radius 2 is 1.95 bits per heavy atom. The van der Waals surface area contributed by atoms with Crippen molar-refractivity contribution in [3.63, 3.8) is 0 Å². The van der Waals surface area contributed by atoms with Crippen LogP contribution in [-0.2, 0) is 11.2 Å². The molecule has 104 valence electrons. The second kappa shape index (κ2) is 5.29. The molecule has 0 atom stereocenters. The molecule has 3 nitrogen and oxygen atoms in total. The molecule has 1 aromatic carbocycles. The number of β-amino-alcohol motifs (C(OH)–C–C–N with tert-alkyl or cyclic N) is 1. The van der Waals surface area contributed by atoms with Crippen LogP contribution in [0.15, 0.2) is 24.3 Å². The second-order valence-corrected chi connectivity index (χ2v) is 5.63. The minimum atomic E-state index is -0.717. The second-order valence-electron chi connectivity index (χ2n) is 5.63. The molecular weight excluding hydrogens is 245 g/mol. The van der Waals surface area contributed by atoms with Gasteiger partial charge in [-0.3, -0.25) is 4.79 Å². The highest BCUT2D eigenvalue weighted by Gasteiger charge is 2.45. The van der Waals surface area contributed by atoms with Crippen LogP contribution in [0, 0.1) is 11.7 Å². The van der Waals surface area contributed by atoms with Crippen molar-refractivity contribution < 1.29 is 14.3 Å². The summed E-state index contributed by atoms with van der Waals surface area (Å²) in [4.78, 5) is 13.6. The molecule has 1 aliphatic heterocycles. The van der Waals surface area contributed by atoms with Crippen molar-refractivity contribution in [2.75, 3.05) is 13.1 Å². The Morgan fingerprint density at radius 1 is 1.37 bits per heavy atom. The summed E-state index contributed by atoms with van der Waals surface area (Å²) in [5.41, 5.74) is 0.236. The molecule has 19 heavy (non-hydrogen) atoms. The van der Waals surface area contributed by atoms with Crippen LogP contribution in [0.4, 0.5) is 4.39 Å². The summed E-state index contributed by atoms with van der Waals surface area (Å²) in [7, 11) is 0. The Bertz CT molecular complexity index is 450. The standard InChI is InChI=1S/C15H20FNO2/c1-11(2)15(19)9-17(10-15)14(18)8-5-12-3-6-13(16)7-4-12/h3-4,6-7,11,19H,5,8-10H2,1-2H3. The van der Waals surface area contributed by atoms with E-state index in [1.54, 1.807) is 17.0 Å². The molecule has 0 saturated carbocycles. The lowest BCUT2D eigenvalue weighted by Gasteiger charge is -2.49. The molecule has 0 radical (unpaired) electrons. The van der Waals surface area contributed by atoms with E-state index in [0.717, 1.165) is 5.56 Å². The first-order valence-electron chi connectivity index (χ1n) is 6.65. The Hall–Kier alpha value is -1.42. The molecule has 0 bridgehead atoms. The predicted octanol–water partition coefficient (Wildman–Crippen LogP) is 1.99. The van der Waals surface area contributed by atoms with Crippen LogP contribution in [0.3, 0.4) is 0 Å². The number of aliphatic hydroxyl groups is 1. The van der Waals surface area contributed by atoms with Gasteiger partial charge in [-0.2, -0.15) is 0 Å². The third-order valence-electron chi connectivity index (χ3n) is 3.90. The molecule has 0 spiro atoms. The zero-order chi connectivity index (χ0) is 14.0. The number of hydrogen-bond acceptors (Lipinski definition) is 2. The Labute approximate surface area is 113 Å². The van der Waals surface area contributed by atoms with Gasteiger partial charge in [0.1, 0.15) is 11.4 Å². The molecule has 0 aromatic heterocycles. The summed E-state index contributed by atoms with van der Waals surface area (Å²) in [6.07, 6.45) is 1.01. The van der Waals surface area contributed by atoms with Gasteiger partial charge in [0.15, 0.2) is 0 Å². The predicted molar refractivity (Wildman–Crippen MR) is 71.1 cm³/mol. The number of aryl methyl sites for hydroxylation is 1. The van der Waals surface area contributed by atoms with Gasteiger partial charge in [-0.05, 0) is 30.0 Å². The topological polar surface area (TPSA) is 40.5 Å². The van der Waals surface area contributed by atoms with Crippen molar-refractivity contribution in [1.29, 1.82) is 0 Å². The minimum absolute atomic E-state index is 0.0506. The van der Waals surface area contributed by atoms with Crippen molar-refractivity contribution in [1.82, 2.24) is 4.90 Å². The van der Waals surface area contributed by atoms with Gasteiger partial charge in [0.25, 0.3) is 0 Å². The van der Waals surface area contributed by atoms with E-state index in [1.165, 1.54) is 12.1 Å². The van der Waals surface area contributed by atoms with E-state index in [4.69, 9.17) is 0 Å². The number of amides is 1. The molecule has 0 unspecified atom stereocenters. The van der Waals surface area contributed by atoms with Crippen LogP contribution in [0.5, 0.6) is 0 Å². The van der Waals surface area contributed by atoms with Gasteiger partial charge in [-0.1, -0.05) is 26.0 Å². The third-order valence-corrected chi connectivity index (χ3v) is 3.90. The average Bonchev–Trinajstić information content (AvgIpc) is 2.33. The molecule has 1 aliphatic rings. The largest absolute Gasteiger partial charge is 0.386 e. The number of hydrogen-bond donors (Lipinski definition) is 1. The normalized spacial score (nSPS) is 17.4. The summed E-state index contributed by atoms with van der Waals surface area (Å²) in [6.45, 7) is 4.76. The average molecular weight is 265 g/mol. The molecule has 4 heteroatoms. The van der Waals surface area contributed by atoms with Crippen LogP contribution >= 0.6 is 0 Å². The summed E-state index contributed by atoms with van der Waals surface area (Å²) in [6, 6.07) is 6.20. The molecule has 1 aromatic rings. The highest BCUT2D eigenvalue weighted by Crippen LogP contribution is 2.29. The summed E-state index contributed by atoms with van der Waals surface area (Å²) >= 11 is 0. The summed E-state index contributed by atoms with van der Waals surface area (Å²) in [5.74, 6) is -0.0527. The van der Waals surface area contributed by atoms with Crippen LogP contribution in [0.1, 0.15) is 25.8 Å². The van der Waals surface area contributed by atoms with E-state index >= 15 is 0 Å². The summed E-state index contributed by atoms with van der Waals surface area (Å²) in [5, 5.41) is 10.1. The van der Waals surface area contributed by atoms with E-state index in [0.29, 0.717) is 25.9 Å². The fourth-order valence-corrected chi connectivity index (χ4v) is 2.22. The number of carbonyl (C=O) groups excluding carboxylic acids is 1. The van der Waals surface area contributed by atoms with Crippen molar-refractivity contribution >= 4 is 5.91 Å². The number of carbonyl (C=O) groups is 1. The van der Waals surface area contributed by atoms with Crippen LogP contribution in [0.25, 0.3) is 0 Å². The Kier molecular flexibility index (Phi) is 3.90. The summed E-state index contributed by atoms with van der Waals surface area (Å²) < 4.78 is 12.7. The number of rotatable bonds is 4. The van der Waals surface area contributed by atoms with Crippen LogP contribution in [0.2, 0.25) is 0 Å². The maximum Gasteiger partial charge on any atom is 0.223 e. The minimum Gasteiger partial charge on any atom is -0.386 e. The van der Waals surface area contributed by atoms with Crippen molar-refractivity contribution in [3.05, 3.63) is 35.6 Å². The maximum atomic E-state index is 12.7. The smallest absolute Gasteiger partial charge is 0.223 e. The number of halogens is 1. The lowest BCUT2D eigenvalue weighted by atomic mass is 9.83. The lowest BCUT2D eigenvalue weighted by molar-refractivity contribution is -0.163. The van der Waals surface area contributed by atoms with Gasteiger partial charge in [0.2, 0.25) is 5.91 Å². The van der Waals surface area contributed by atoms with Gasteiger partial charge < -0.3 is 10.0 Å². The van der Waals surface area contributed by atoms with Crippen molar-refractivity contribution in [3.8, 4) is 0 Å². The first-order valence-corrected chi connectivity index (χ1v) is 6.65. The van der Waals surface area contributed by atoms with Crippen LogP contribution in [-0.4, -0.2) is 34.6 Å². The fraction of sp³-hybridized carbons (Fsp3) is 0.533. The molecule has 1 saturated heterocycles. The molecule has 2 rings (SSSR count). The zero-order valence-corrected chi connectivity index (χ0v) is 11.4. The van der Waals surface area contributed by atoms with E-state index in [2.05, 4.69) is 0 Å². The maximum absolute atomic E-state index is 12.7. The molecular formula is C15H20FNO2. The van der Waals surface area contributed by atoms with Gasteiger partial charge in [-0.15, -0.1) is 0 Å². The first-order chi connectivity index (χ1) is 8.90. The first kappa shape index (κ1) is 14.0. The monoisotopic (exact) mass is 265 g/mol. The Morgan fingerprint density at radius 3 is 2.47 bits per heavy atom. The van der Waals surface area contributed by atoms with Gasteiger partial charge >= 0.3 is 0 Å². The number of nitrogens with zero attached hydrogens (tertiary/aromatic N) is 1. The van der Waals surface area contributed by atoms with E-state index < -0.39 is 5.60 Å². The SMILES string of the molecule is CC(C)C1(O)CN(C(=O)CCc2ccc(F)cc2)C1. The molecule has 1 heterocycles. The van der Waals surface area contributed by atoms with E-state index in [1.807, 2.05) is 13.8 Å². The van der Waals surface area contributed by atoms with Crippen LogP contribution < -0.4 is 0 Å². The lowest BCUT2D eigenvalue weighted by Crippen LogP contribution is -2.65. The van der Waals surface area contributed by atoms with Gasteiger partial charge in [0, 0.05) is 6.42 Å². The van der Waals surface area contributed by atoms with Gasteiger partial charge in [-0.25, -0.2) is 4.39 Å². The van der Waals surface area contributed by atoms with Crippen molar-refractivity contribution in [2.45, 2.75) is 32.3 Å². The van der Waals surface area contributed by atoms with E-state index in [9.17, 15) is 14.3 Å². The molecule has 1 N–H and O–H groups in total. The number of likely N-dealkylation sites (tertiary alicyclic amines) is 1. The van der Waals surface area contributed by atoms with Gasteiger partial charge in [0.05, 0.1) is 13.1 Å². The fourth-order valence-electron chi connectivity index (χ4n) is 2.22. The molecule has 1 amide bonds. The third kappa shape index (κ3) is 3.13. The quantitative estimate of drug-likeness (QED) is 0.904. The molecule has 0 aliphatic carbocycles. The van der Waals surface area contributed by atoms with Crippen molar-refractivity contribution in [2.24, 2.45) is 5.92 Å².